The SMILES string of the molecule is COC(=O)c1ccc([C@H](C)NC(=O)c2cc(C(=O)O)n3c(=O)[nH]cc3n2)cc1.Cl.NCc1cccc(Nc2c(N)c(=O)c2=O)c1. The highest BCUT2D eigenvalue weighted by Gasteiger charge is 2.20. The fraction of sp³-hybridized carbons (Fsp3) is 0.138. The quantitative estimate of drug-likeness (QED) is 0.105. The second-order valence-corrected chi connectivity index (χ2v) is 9.40. The average molecular weight is 638 g/mol. The Hall–Kier alpha value is -5.80. The number of nitrogens with one attached hydrogen (secondary N) is 3. The van der Waals surface area contributed by atoms with Gasteiger partial charge in [0.1, 0.15) is 22.8 Å². The summed E-state index contributed by atoms with van der Waals surface area (Å²) in [5.74, 6) is -2.44. The first-order valence-corrected chi connectivity index (χ1v) is 12.9. The van der Waals surface area contributed by atoms with Crippen LogP contribution in [0.4, 0.5) is 17.1 Å². The molecule has 0 radical (unpaired) electrons. The lowest BCUT2D eigenvalue weighted by molar-refractivity contribution is 0.0599. The number of carboxylic acids is 1. The second kappa shape index (κ2) is 14.1. The maximum absolute atomic E-state index is 12.5. The molecule has 15 nitrogen and oxygen atoms in total. The number of halogens is 1. The Kier molecular flexibility index (Phi) is 10.6. The summed E-state index contributed by atoms with van der Waals surface area (Å²) in [4.78, 5) is 75.6. The summed E-state index contributed by atoms with van der Waals surface area (Å²) in [5.41, 5.74) is 11.4. The Morgan fingerprint density at radius 1 is 1.07 bits per heavy atom. The lowest BCUT2D eigenvalue weighted by Gasteiger charge is -2.15. The Bertz CT molecular complexity index is 2010. The summed E-state index contributed by atoms with van der Waals surface area (Å²) < 4.78 is 5.50. The van der Waals surface area contributed by atoms with Gasteiger partial charge in [-0.1, -0.05) is 24.3 Å². The van der Waals surface area contributed by atoms with Crippen LogP contribution >= 0.6 is 12.4 Å². The van der Waals surface area contributed by atoms with Crippen molar-refractivity contribution in [2.75, 3.05) is 18.2 Å². The number of H-pyrrole nitrogens is 1. The van der Waals surface area contributed by atoms with Crippen molar-refractivity contribution >= 4 is 53.0 Å². The number of nitrogens with zero attached hydrogens (tertiary/aromatic N) is 2. The molecule has 0 aliphatic carbocycles. The molecule has 0 saturated heterocycles. The van der Waals surface area contributed by atoms with E-state index in [1.165, 1.54) is 13.3 Å². The van der Waals surface area contributed by atoms with Crippen LogP contribution in [0.15, 0.2) is 75.2 Å². The number of benzene rings is 2. The molecule has 2 aromatic heterocycles. The standard InChI is InChI=1S/C18H16N4O6.C11H11N3O2.ClH/c1-9(10-3-5-11(6-4-10)17(26)28-2)20-15(23)12-7-13(16(24)25)22-14(21-12)8-19-18(22)27;12-5-6-2-1-3-7(4-6)14-9-8(13)10(15)11(9)16;/h3-9H,1-2H3,(H,19,27)(H,20,23)(H,24,25);1-4,14H,5,12-13H2;1H/t9-;;/m0../s1. The van der Waals surface area contributed by atoms with Gasteiger partial charge in [-0.15, -0.1) is 12.4 Å². The van der Waals surface area contributed by atoms with Crippen molar-refractivity contribution in [1.29, 1.82) is 0 Å². The van der Waals surface area contributed by atoms with Gasteiger partial charge < -0.3 is 36.9 Å². The van der Waals surface area contributed by atoms with Crippen molar-refractivity contribution in [3.05, 3.63) is 120 Å². The van der Waals surface area contributed by atoms with Gasteiger partial charge in [0.15, 0.2) is 5.65 Å². The molecule has 0 fully saturated rings. The molecule has 0 bridgehead atoms. The summed E-state index contributed by atoms with van der Waals surface area (Å²) >= 11 is 0. The minimum atomic E-state index is -1.37. The number of hydrogen-bond acceptors (Lipinski definition) is 11. The molecule has 5 aromatic rings. The fourth-order valence-electron chi connectivity index (χ4n) is 4.13. The van der Waals surface area contributed by atoms with E-state index >= 15 is 0 Å². The van der Waals surface area contributed by atoms with Crippen LogP contribution in [0.3, 0.4) is 0 Å². The lowest BCUT2D eigenvalue weighted by Crippen LogP contribution is -2.36. The topological polar surface area (TPSA) is 241 Å². The summed E-state index contributed by atoms with van der Waals surface area (Å²) in [5, 5.41) is 14.8. The third-order valence-corrected chi connectivity index (χ3v) is 6.52. The molecule has 1 amide bonds. The molecular weight excluding hydrogens is 610 g/mol. The number of nitrogens with two attached hydrogens (primary N) is 2. The van der Waals surface area contributed by atoms with Crippen molar-refractivity contribution < 1.29 is 24.2 Å². The number of fused-ring (bicyclic) bond motifs is 1. The van der Waals surface area contributed by atoms with Crippen LogP contribution in [0.5, 0.6) is 0 Å². The Labute approximate surface area is 260 Å². The van der Waals surface area contributed by atoms with Gasteiger partial charge in [0.05, 0.1) is 18.7 Å². The molecule has 234 valence electrons. The number of carbonyl (C=O) groups excluding carboxylic acids is 2. The molecular formula is C29H28ClN7O8. The predicted molar refractivity (Wildman–Crippen MR) is 167 cm³/mol. The Morgan fingerprint density at radius 2 is 1.76 bits per heavy atom. The predicted octanol–water partition coefficient (Wildman–Crippen LogP) is 1.49. The van der Waals surface area contributed by atoms with Crippen molar-refractivity contribution in [2.45, 2.75) is 19.5 Å². The van der Waals surface area contributed by atoms with Crippen molar-refractivity contribution in [3.63, 3.8) is 0 Å². The number of imidazole rings is 1. The highest BCUT2D eigenvalue weighted by atomic mass is 35.5. The zero-order valence-corrected chi connectivity index (χ0v) is 24.6. The molecule has 16 heteroatoms. The summed E-state index contributed by atoms with van der Waals surface area (Å²) in [6.07, 6.45) is 1.22. The van der Waals surface area contributed by atoms with E-state index in [1.807, 2.05) is 12.1 Å². The number of carbonyl (C=O) groups is 3. The second-order valence-electron chi connectivity index (χ2n) is 9.40. The van der Waals surface area contributed by atoms with E-state index in [1.54, 1.807) is 43.3 Å². The van der Waals surface area contributed by atoms with Gasteiger partial charge in [-0.25, -0.2) is 23.8 Å². The van der Waals surface area contributed by atoms with Gasteiger partial charge in [-0.05, 0) is 42.3 Å². The maximum atomic E-state index is 12.5. The van der Waals surface area contributed by atoms with Crippen molar-refractivity contribution in [1.82, 2.24) is 19.7 Å². The third kappa shape index (κ3) is 7.23. The van der Waals surface area contributed by atoms with Crippen LogP contribution in [0.2, 0.25) is 0 Å². The van der Waals surface area contributed by atoms with Crippen molar-refractivity contribution in [3.8, 4) is 0 Å². The molecule has 1 atom stereocenters. The van der Waals surface area contributed by atoms with E-state index in [-0.39, 0.29) is 40.8 Å². The summed E-state index contributed by atoms with van der Waals surface area (Å²) in [6, 6.07) is 14.3. The zero-order chi connectivity index (χ0) is 32.1. The zero-order valence-electron chi connectivity index (χ0n) is 23.8. The van der Waals surface area contributed by atoms with Crippen LogP contribution < -0.4 is 38.6 Å². The van der Waals surface area contributed by atoms with Crippen LogP contribution in [-0.4, -0.2) is 44.4 Å². The number of aromatic carboxylic acids is 1. The maximum Gasteiger partial charge on any atom is 0.353 e. The number of ether oxygens (including phenoxy) is 1. The van der Waals surface area contributed by atoms with Crippen molar-refractivity contribution in [2.24, 2.45) is 5.73 Å². The molecule has 0 unspecified atom stereocenters. The Morgan fingerprint density at radius 3 is 2.36 bits per heavy atom. The summed E-state index contributed by atoms with van der Waals surface area (Å²) in [6.45, 7) is 2.14. The minimum absolute atomic E-state index is 0. The first-order chi connectivity index (χ1) is 20.9. The number of carboxylic acid groups (broad SMARTS) is 1. The number of hydrogen-bond donors (Lipinski definition) is 6. The first kappa shape index (κ1) is 33.7. The smallest absolute Gasteiger partial charge is 0.353 e. The van der Waals surface area contributed by atoms with E-state index < -0.39 is 40.4 Å². The first-order valence-electron chi connectivity index (χ1n) is 12.9. The number of anilines is 3. The molecule has 5 rings (SSSR count). The number of rotatable bonds is 8. The van der Waals surface area contributed by atoms with E-state index in [4.69, 9.17) is 11.5 Å². The monoisotopic (exact) mass is 637 g/mol. The molecule has 45 heavy (non-hydrogen) atoms. The van der Waals surface area contributed by atoms with Gasteiger partial charge in [0, 0.05) is 24.5 Å². The van der Waals surface area contributed by atoms with Gasteiger partial charge in [0.2, 0.25) is 0 Å². The highest BCUT2D eigenvalue weighted by Crippen LogP contribution is 2.19. The van der Waals surface area contributed by atoms with Gasteiger partial charge >= 0.3 is 17.6 Å². The number of nitrogen functional groups attached to an aromatic ring is 1. The fourth-order valence-corrected chi connectivity index (χ4v) is 4.13. The molecule has 0 aliphatic heterocycles. The summed E-state index contributed by atoms with van der Waals surface area (Å²) in [7, 11) is 1.28. The van der Waals surface area contributed by atoms with Crippen LogP contribution in [0.1, 0.15) is 55.4 Å². The van der Waals surface area contributed by atoms with Crippen LogP contribution in [-0.2, 0) is 11.3 Å². The lowest BCUT2D eigenvalue weighted by atomic mass is 10.1. The molecule has 0 aliphatic rings. The normalized spacial score (nSPS) is 11.1. The van der Waals surface area contributed by atoms with Gasteiger partial charge in [0.25, 0.3) is 16.8 Å². The number of methoxy groups -OCH3 is 1. The van der Waals surface area contributed by atoms with Crippen LogP contribution in [0.25, 0.3) is 5.65 Å². The highest BCUT2D eigenvalue weighted by molar-refractivity contribution is 5.96. The molecule has 0 spiro atoms. The van der Waals surface area contributed by atoms with Gasteiger partial charge in [-0.2, -0.15) is 0 Å². The molecule has 2 heterocycles. The van der Waals surface area contributed by atoms with E-state index in [0.717, 1.165) is 21.6 Å². The molecule has 0 saturated carbocycles. The van der Waals surface area contributed by atoms with Gasteiger partial charge in [-0.3, -0.25) is 14.4 Å². The average Bonchev–Trinajstić information content (AvgIpc) is 3.42. The van der Waals surface area contributed by atoms with E-state index in [9.17, 15) is 33.9 Å². The molecule has 8 N–H and O–H groups in total. The third-order valence-electron chi connectivity index (χ3n) is 6.52. The number of aromatic nitrogens is 3. The number of aromatic amines is 1. The van der Waals surface area contributed by atoms with Crippen LogP contribution in [0, 0.1) is 0 Å². The number of amides is 1. The van der Waals surface area contributed by atoms with E-state index in [0.29, 0.717) is 17.8 Å². The van der Waals surface area contributed by atoms with E-state index in [2.05, 4.69) is 25.3 Å². The minimum Gasteiger partial charge on any atom is -0.477 e. The Balaban J connectivity index is 0.000000276. The number of esters is 1. The molecule has 3 aromatic carbocycles. The largest absolute Gasteiger partial charge is 0.477 e.